The highest BCUT2D eigenvalue weighted by Gasteiger charge is 2.70. The minimum atomic E-state index is 0.330. The van der Waals surface area contributed by atoms with E-state index in [0.717, 1.165) is 6.54 Å². The summed E-state index contributed by atoms with van der Waals surface area (Å²) in [5, 5.41) is 6.26. The van der Waals surface area contributed by atoms with Gasteiger partial charge in [0.05, 0.1) is 0 Å². The summed E-state index contributed by atoms with van der Waals surface area (Å²) in [6, 6.07) is 9.32. The summed E-state index contributed by atoms with van der Waals surface area (Å²) in [5.74, 6) is 0.643. The van der Waals surface area contributed by atoms with E-state index in [4.69, 9.17) is 0 Å². The molecule has 160 valence electrons. The molecule has 3 fully saturated rings. The van der Waals surface area contributed by atoms with Crippen LogP contribution in [0.4, 0.5) is 0 Å². The highest BCUT2D eigenvalue weighted by atomic mass is 14.9. The Morgan fingerprint density at radius 1 is 1.03 bits per heavy atom. The van der Waals surface area contributed by atoms with Crippen LogP contribution in [0.5, 0.6) is 0 Å². The molecule has 1 aromatic heterocycles. The summed E-state index contributed by atoms with van der Waals surface area (Å²) in [6.07, 6.45) is 18.8. The van der Waals surface area contributed by atoms with Crippen molar-refractivity contribution in [1.82, 2.24) is 10.3 Å². The summed E-state index contributed by atoms with van der Waals surface area (Å²) < 4.78 is 0. The maximum atomic E-state index is 4.39. The number of pyridine rings is 1. The molecule has 1 aromatic carbocycles. The highest BCUT2D eigenvalue weighted by Crippen LogP contribution is 2.79. The fourth-order valence-electron chi connectivity index (χ4n) is 9.17. The molecule has 2 nitrogen and oxygen atoms in total. The zero-order valence-electron chi connectivity index (χ0n) is 19.0. The molecule has 1 saturated heterocycles. The Kier molecular flexibility index (Phi) is 3.54. The Morgan fingerprint density at radius 3 is 2.90 bits per heavy atom. The van der Waals surface area contributed by atoms with E-state index in [-0.39, 0.29) is 0 Å². The van der Waals surface area contributed by atoms with Gasteiger partial charge in [-0.25, -0.2) is 0 Å². The number of hydrogen-bond donors (Lipinski definition) is 1. The Hall–Kier alpha value is -1.93. The van der Waals surface area contributed by atoms with Crippen molar-refractivity contribution in [2.75, 3.05) is 13.1 Å². The summed E-state index contributed by atoms with van der Waals surface area (Å²) in [4.78, 5) is 4.39. The van der Waals surface area contributed by atoms with Gasteiger partial charge in [-0.1, -0.05) is 38.1 Å². The monoisotopic (exact) mass is 410 g/mol. The minimum absolute atomic E-state index is 0.330. The molecule has 31 heavy (non-hydrogen) atoms. The average molecular weight is 411 g/mol. The summed E-state index contributed by atoms with van der Waals surface area (Å²) >= 11 is 0. The number of allylic oxidation sites excluding steroid dienone is 3. The highest BCUT2D eigenvalue weighted by molar-refractivity contribution is 5.82. The van der Waals surface area contributed by atoms with Crippen LogP contribution in [0, 0.1) is 21.7 Å². The van der Waals surface area contributed by atoms with Crippen LogP contribution in [0.2, 0.25) is 0 Å². The zero-order chi connectivity index (χ0) is 20.9. The topological polar surface area (TPSA) is 24.9 Å². The second-order valence-corrected chi connectivity index (χ2v) is 11.8. The van der Waals surface area contributed by atoms with E-state index in [1.807, 2.05) is 12.4 Å². The minimum Gasteiger partial charge on any atom is -0.313 e. The molecular weight excluding hydrogens is 376 g/mol. The van der Waals surface area contributed by atoms with Crippen LogP contribution < -0.4 is 5.32 Å². The van der Waals surface area contributed by atoms with Crippen molar-refractivity contribution < 1.29 is 0 Å². The lowest BCUT2D eigenvalue weighted by atomic mass is 9.43. The van der Waals surface area contributed by atoms with Crippen LogP contribution in [0.25, 0.3) is 10.8 Å². The third-order valence-corrected chi connectivity index (χ3v) is 11.2. The molecule has 1 N–H and O–H groups in total. The van der Waals surface area contributed by atoms with Crippen LogP contribution in [-0.4, -0.2) is 18.1 Å². The number of nitrogens with zero attached hydrogens (tertiary/aromatic N) is 1. The van der Waals surface area contributed by atoms with Gasteiger partial charge in [-0.2, -0.15) is 0 Å². The lowest BCUT2D eigenvalue weighted by molar-refractivity contribution is -0.0399. The first-order valence-corrected chi connectivity index (χ1v) is 12.5. The third kappa shape index (κ3) is 2.11. The number of piperidine rings is 1. The summed E-state index contributed by atoms with van der Waals surface area (Å²) in [7, 11) is 0. The summed E-state index contributed by atoms with van der Waals surface area (Å²) in [6.45, 7) is 7.66. The van der Waals surface area contributed by atoms with Gasteiger partial charge in [-0.05, 0) is 108 Å². The average Bonchev–Trinajstić information content (AvgIpc) is 3.26. The number of rotatable bonds is 1. The van der Waals surface area contributed by atoms with Gasteiger partial charge in [-0.3, -0.25) is 4.98 Å². The lowest BCUT2D eigenvalue weighted by Crippen LogP contribution is -2.53. The number of aromatic nitrogens is 1. The van der Waals surface area contributed by atoms with Crippen LogP contribution in [0.15, 0.2) is 60.0 Å². The molecule has 1 aliphatic heterocycles. The van der Waals surface area contributed by atoms with E-state index in [9.17, 15) is 0 Å². The molecule has 5 aliphatic rings. The van der Waals surface area contributed by atoms with E-state index in [1.165, 1.54) is 62.3 Å². The molecule has 2 spiro atoms. The summed E-state index contributed by atoms with van der Waals surface area (Å²) in [5.41, 5.74) is 6.58. The molecule has 2 aromatic rings. The van der Waals surface area contributed by atoms with Crippen molar-refractivity contribution in [1.29, 1.82) is 0 Å². The van der Waals surface area contributed by atoms with Gasteiger partial charge in [0.2, 0.25) is 0 Å². The lowest BCUT2D eigenvalue weighted by Gasteiger charge is -2.61. The zero-order valence-corrected chi connectivity index (χ0v) is 19.0. The van der Waals surface area contributed by atoms with Crippen molar-refractivity contribution in [2.24, 2.45) is 21.7 Å². The maximum absolute atomic E-state index is 4.39. The van der Waals surface area contributed by atoms with Gasteiger partial charge in [0.25, 0.3) is 0 Å². The number of benzene rings is 1. The SMILES string of the molecule is C[C@@]12CC[C@H](c3ccc4ccncc4c3)[C@@]1(C)CC=C1C=C3CNCC[C@]34CC[C@@]12C4. The van der Waals surface area contributed by atoms with Gasteiger partial charge in [-0.15, -0.1) is 0 Å². The molecule has 2 heteroatoms. The Labute approximate surface area is 186 Å². The van der Waals surface area contributed by atoms with E-state index >= 15 is 0 Å². The first-order chi connectivity index (χ1) is 15.0. The van der Waals surface area contributed by atoms with Crippen molar-refractivity contribution >= 4 is 10.8 Å². The second-order valence-electron chi connectivity index (χ2n) is 11.8. The number of fused-ring (bicyclic) bond motifs is 2. The number of nitrogens with one attached hydrogen (secondary N) is 1. The van der Waals surface area contributed by atoms with Crippen LogP contribution in [-0.2, 0) is 0 Å². The van der Waals surface area contributed by atoms with Crippen molar-refractivity contribution in [3.05, 3.63) is 65.5 Å². The fraction of sp³-hybridized carbons (Fsp3) is 0.552. The quantitative estimate of drug-likeness (QED) is 0.577. The fourth-order valence-corrected chi connectivity index (χ4v) is 9.17. The Balaban J connectivity index is 1.36. The standard InChI is InChI=1S/C29H34N2/c1-26-8-5-23-16-24-18-31-14-12-28(24)10-11-29(23,19-28)27(26,2)9-6-25(26)21-4-3-20-7-13-30-17-22(20)15-21/h3-5,7,13,15-17,25,31H,6,8-12,14,18-19H2,1-2H3/t25-,26-,27-,28+,29-/m1/s1. The van der Waals surface area contributed by atoms with E-state index in [0.29, 0.717) is 27.6 Å². The van der Waals surface area contributed by atoms with Gasteiger partial charge >= 0.3 is 0 Å². The third-order valence-electron chi connectivity index (χ3n) is 11.2. The predicted octanol–water partition coefficient (Wildman–Crippen LogP) is 6.54. The molecule has 2 heterocycles. The molecule has 2 bridgehead atoms. The number of hydrogen-bond acceptors (Lipinski definition) is 2. The smallest absolute Gasteiger partial charge is 0.0346 e. The van der Waals surface area contributed by atoms with Crippen LogP contribution in [0.3, 0.4) is 0 Å². The molecule has 0 radical (unpaired) electrons. The Morgan fingerprint density at radius 2 is 1.97 bits per heavy atom. The van der Waals surface area contributed by atoms with Crippen molar-refractivity contribution in [3.63, 3.8) is 0 Å². The molecule has 4 aliphatic carbocycles. The predicted molar refractivity (Wildman–Crippen MR) is 127 cm³/mol. The maximum Gasteiger partial charge on any atom is 0.0346 e. The molecular formula is C29H34N2. The van der Waals surface area contributed by atoms with Gasteiger partial charge in [0.15, 0.2) is 0 Å². The second kappa shape index (κ2) is 5.90. The molecule has 5 atom stereocenters. The largest absolute Gasteiger partial charge is 0.313 e. The molecule has 7 rings (SSSR count). The van der Waals surface area contributed by atoms with Crippen LogP contribution in [0.1, 0.15) is 70.3 Å². The van der Waals surface area contributed by atoms with Gasteiger partial charge in [0.1, 0.15) is 0 Å². The molecule has 0 amide bonds. The van der Waals surface area contributed by atoms with Crippen LogP contribution >= 0.6 is 0 Å². The Bertz CT molecular complexity index is 1160. The normalized spacial score (nSPS) is 43.1. The van der Waals surface area contributed by atoms with E-state index < -0.39 is 0 Å². The van der Waals surface area contributed by atoms with Gasteiger partial charge < -0.3 is 5.32 Å². The first-order valence-electron chi connectivity index (χ1n) is 12.5. The molecule has 2 saturated carbocycles. The van der Waals surface area contributed by atoms with E-state index in [1.54, 1.807) is 16.7 Å². The molecule has 0 unspecified atom stereocenters. The van der Waals surface area contributed by atoms with Gasteiger partial charge in [0, 0.05) is 29.7 Å². The van der Waals surface area contributed by atoms with E-state index in [2.05, 4.69) is 60.6 Å². The first kappa shape index (κ1) is 18.6. The van der Waals surface area contributed by atoms with Crippen molar-refractivity contribution in [2.45, 2.75) is 64.7 Å². The van der Waals surface area contributed by atoms with Crippen molar-refractivity contribution in [3.8, 4) is 0 Å².